The fourth-order valence-electron chi connectivity index (χ4n) is 2.77. The number of hydrogen-bond donors (Lipinski definition) is 1. The molecular formula is C18H19ClN2OS. The molecule has 23 heavy (non-hydrogen) atoms. The van der Waals surface area contributed by atoms with E-state index in [9.17, 15) is 4.79 Å². The molecule has 1 atom stereocenters. The summed E-state index contributed by atoms with van der Waals surface area (Å²) in [5.74, 6) is 0.561. The molecule has 0 bridgehead atoms. The van der Waals surface area contributed by atoms with Gasteiger partial charge in [0.15, 0.2) is 0 Å². The molecule has 1 aromatic heterocycles. The van der Waals surface area contributed by atoms with Gasteiger partial charge in [-0.3, -0.25) is 4.79 Å². The summed E-state index contributed by atoms with van der Waals surface area (Å²) in [6, 6.07) is 13.1. The van der Waals surface area contributed by atoms with Gasteiger partial charge in [-0.2, -0.15) is 0 Å². The van der Waals surface area contributed by atoms with Crippen molar-refractivity contribution in [3.05, 3.63) is 59.2 Å². The number of carbonyl (C=O) groups excluding carboxylic acids is 1. The van der Waals surface area contributed by atoms with Gasteiger partial charge in [-0.1, -0.05) is 42.6 Å². The summed E-state index contributed by atoms with van der Waals surface area (Å²) >= 11 is 7.73. The second-order valence-electron chi connectivity index (χ2n) is 5.68. The van der Waals surface area contributed by atoms with Crippen molar-refractivity contribution in [1.82, 2.24) is 4.98 Å². The second kappa shape index (κ2) is 7.84. The van der Waals surface area contributed by atoms with E-state index in [2.05, 4.69) is 10.3 Å². The second-order valence-corrected chi connectivity index (χ2v) is 7.53. The van der Waals surface area contributed by atoms with Crippen LogP contribution in [-0.4, -0.2) is 16.1 Å². The van der Waals surface area contributed by atoms with Crippen molar-refractivity contribution in [2.45, 2.75) is 36.2 Å². The van der Waals surface area contributed by atoms with Crippen LogP contribution in [0.3, 0.4) is 0 Å². The maximum absolute atomic E-state index is 12.8. The lowest BCUT2D eigenvalue weighted by atomic mass is 10.1. The number of nitrogens with one attached hydrogen (secondary N) is 1. The third-order valence-corrected chi connectivity index (χ3v) is 5.82. The number of benzene rings is 1. The first-order valence-corrected chi connectivity index (χ1v) is 9.17. The number of rotatable bonds is 5. The minimum absolute atomic E-state index is 0.0251. The summed E-state index contributed by atoms with van der Waals surface area (Å²) < 4.78 is 0. The number of aromatic nitrogens is 1. The molecule has 3 rings (SSSR count). The molecule has 0 radical (unpaired) electrons. The summed E-state index contributed by atoms with van der Waals surface area (Å²) in [6.07, 6.45) is 6.56. The molecule has 1 N–H and O–H groups in total. The Hall–Kier alpha value is -1.52. The van der Waals surface area contributed by atoms with Crippen LogP contribution in [0.15, 0.2) is 48.7 Å². The number of thioether (sulfide) groups is 1. The number of halogens is 1. The smallest absolute Gasteiger partial charge is 0.243 e. The molecule has 1 aliphatic rings. The summed E-state index contributed by atoms with van der Waals surface area (Å²) in [6.45, 7) is 0. The topological polar surface area (TPSA) is 42.0 Å². The molecule has 1 amide bonds. The van der Waals surface area contributed by atoms with Crippen molar-refractivity contribution in [2.75, 3.05) is 5.32 Å². The third-order valence-electron chi connectivity index (χ3n) is 3.96. The molecule has 2 aromatic rings. The molecule has 0 aliphatic heterocycles. The van der Waals surface area contributed by atoms with Gasteiger partial charge >= 0.3 is 0 Å². The van der Waals surface area contributed by atoms with Crippen LogP contribution >= 0.6 is 23.4 Å². The molecule has 5 heteroatoms. The van der Waals surface area contributed by atoms with E-state index in [4.69, 9.17) is 11.6 Å². The molecule has 1 fully saturated rings. The molecule has 1 aliphatic carbocycles. The highest BCUT2D eigenvalue weighted by atomic mass is 35.5. The van der Waals surface area contributed by atoms with Crippen LogP contribution in [0, 0.1) is 0 Å². The Morgan fingerprint density at radius 2 is 1.91 bits per heavy atom. The number of nitrogens with zero attached hydrogens (tertiary/aromatic N) is 1. The van der Waals surface area contributed by atoms with Crippen molar-refractivity contribution in [3.8, 4) is 0 Å². The maximum Gasteiger partial charge on any atom is 0.243 e. The molecule has 0 saturated heterocycles. The highest BCUT2D eigenvalue weighted by Gasteiger charge is 2.27. The lowest BCUT2D eigenvalue weighted by Gasteiger charge is -2.20. The number of pyridine rings is 1. The summed E-state index contributed by atoms with van der Waals surface area (Å²) in [7, 11) is 0. The zero-order valence-electron chi connectivity index (χ0n) is 12.7. The molecule has 1 unspecified atom stereocenters. The first-order valence-electron chi connectivity index (χ1n) is 7.85. The first kappa shape index (κ1) is 16.3. The number of amides is 1. The first-order chi connectivity index (χ1) is 11.2. The van der Waals surface area contributed by atoms with Gasteiger partial charge in [-0.05, 0) is 42.7 Å². The zero-order valence-corrected chi connectivity index (χ0v) is 14.3. The fourth-order valence-corrected chi connectivity index (χ4v) is 4.39. The van der Waals surface area contributed by atoms with Crippen LogP contribution in [0.1, 0.15) is 36.5 Å². The van der Waals surface area contributed by atoms with E-state index in [1.165, 1.54) is 25.7 Å². The van der Waals surface area contributed by atoms with Crippen molar-refractivity contribution in [1.29, 1.82) is 0 Å². The van der Waals surface area contributed by atoms with Crippen molar-refractivity contribution >= 4 is 35.1 Å². The highest BCUT2D eigenvalue weighted by molar-refractivity contribution is 8.00. The van der Waals surface area contributed by atoms with E-state index in [0.717, 1.165) is 5.56 Å². The average molecular weight is 347 g/mol. The zero-order chi connectivity index (χ0) is 16.1. The van der Waals surface area contributed by atoms with Crippen LogP contribution in [0.5, 0.6) is 0 Å². The van der Waals surface area contributed by atoms with E-state index in [1.807, 2.05) is 36.4 Å². The minimum atomic E-state index is -0.239. The Labute approximate surface area is 145 Å². The van der Waals surface area contributed by atoms with Crippen molar-refractivity contribution in [2.24, 2.45) is 0 Å². The Bertz CT molecular complexity index is 642. The number of hydrogen-bond acceptors (Lipinski definition) is 3. The lowest BCUT2D eigenvalue weighted by molar-refractivity contribution is -0.115. The van der Waals surface area contributed by atoms with Gasteiger partial charge in [-0.15, -0.1) is 11.8 Å². The van der Waals surface area contributed by atoms with Crippen molar-refractivity contribution < 1.29 is 4.79 Å². The fraction of sp³-hybridized carbons (Fsp3) is 0.333. The Kier molecular flexibility index (Phi) is 5.57. The predicted molar refractivity (Wildman–Crippen MR) is 96.9 cm³/mol. The third kappa shape index (κ3) is 4.49. The van der Waals surface area contributed by atoms with Crippen LogP contribution in [-0.2, 0) is 4.79 Å². The van der Waals surface area contributed by atoms with Gasteiger partial charge in [0.1, 0.15) is 11.1 Å². The van der Waals surface area contributed by atoms with Gasteiger partial charge in [0.05, 0.1) is 0 Å². The van der Waals surface area contributed by atoms with Gasteiger partial charge in [0, 0.05) is 16.5 Å². The molecule has 1 saturated carbocycles. The van der Waals surface area contributed by atoms with E-state index < -0.39 is 0 Å². The number of carbonyl (C=O) groups is 1. The monoisotopic (exact) mass is 346 g/mol. The van der Waals surface area contributed by atoms with E-state index in [0.29, 0.717) is 16.1 Å². The van der Waals surface area contributed by atoms with Crippen molar-refractivity contribution in [3.63, 3.8) is 0 Å². The van der Waals surface area contributed by atoms with E-state index in [-0.39, 0.29) is 11.2 Å². The van der Waals surface area contributed by atoms with Gasteiger partial charge in [-0.25, -0.2) is 4.98 Å². The van der Waals surface area contributed by atoms with Gasteiger partial charge < -0.3 is 5.32 Å². The maximum atomic E-state index is 12.8. The molecule has 120 valence electrons. The van der Waals surface area contributed by atoms with Crippen LogP contribution < -0.4 is 5.32 Å². The van der Waals surface area contributed by atoms with Crippen LogP contribution in [0.25, 0.3) is 0 Å². The van der Waals surface area contributed by atoms with Gasteiger partial charge in [0.25, 0.3) is 0 Å². The van der Waals surface area contributed by atoms with E-state index >= 15 is 0 Å². The van der Waals surface area contributed by atoms with E-state index in [1.54, 1.807) is 24.0 Å². The molecule has 1 heterocycles. The Balaban J connectivity index is 1.78. The molecular weight excluding hydrogens is 328 g/mol. The van der Waals surface area contributed by atoms with Gasteiger partial charge in [0.2, 0.25) is 5.91 Å². The lowest BCUT2D eigenvalue weighted by Crippen LogP contribution is -2.21. The minimum Gasteiger partial charge on any atom is -0.309 e. The summed E-state index contributed by atoms with van der Waals surface area (Å²) in [5.41, 5.74) is 0.986. The van der Waals surface area contributed by atoms with Crippen LogP contribution in [0.2, 0.25) is 5.02 Å². The molecule has 1 aromatic carbocycles. The standard InChI is InChI=1S/C18H19ClN2OS/c19-14-10-8-13(9-11-14)17(23-15-5-1-2-6-15)18(22)21-16-7-3-4-12-20-16/h3-4,7-12,15,17H,1-2,5-6H2,(H,20,21,22). The SMILES string of the molecule is O=C(Nc1ccccn1)C(SC1CCCC1)c1ccc(Cl)cc1. The highest BCUT2D eigenvalue weighted by Crippen LogP contribution is 2.40. The summed E-state index contributed by atoms with van der Waals surface area (Å²) in [5, 5.41) is 3.92. The Morgan fingerprint density at radius 1 is 1.17 bits per heavy atom. The average Bonchev–Trinajstić information content (AvgIpc) is 3.08. The number of anilines is 1. The normalized spacial score (nSPS) is 16.2. The quantitative estimate of drug-likeness (QED) is 0.819. The molecule has 0 spiro atoms. The largest absolute Gasteiger partial charge is 0.309 e. The molecule has 3 nitrogen and oxygen atoms in total. The summed E-state index contributed by atoms with van der Waals surface area (Å²) in [4.78, 5) is 17.0. The Morgan fingerprint density at radius 3 is 2.57 bits per heavy atom. The predicted octanol–water partition coefficient (Wildman–Crippen LogP) is 5.09. The van der Waals surface area contributed by atoms with Crippen LogP contribution in [0.4, 0.5) is 5.82 Å².